The summed E-state index contributed by atoms with van der Waals surface area (Å²) in [5.41, 5.74) is 2.58. The van der Waals surface area contributed by atoms with Gasteiger partial charge in [0, 0.05) is 12.0 Å². The first-order valence-electron chi connectivity index (χ1n) is 7.82. The Bertz CT molecular complexity index is 548. The van der Waals surface area contributed by atoms with Crippen molar-refractivity contribution in [3.8, 4) is 10.6 Å². The lowest BCUT2D eigenvalue weighted by Gasteiger charge is -2.05. The third kappa shape index (κ3) is 4.90. The molecule has 0 saturated carbocycles. The Morgan fingerprint density at radius 1 is 1.19 bits per heavy atom. The summed E-state index contributed by atoms with van der Waals surface area (Å²) in [5.74, 6) is 0.712. The molecular formula is C17H25N3S. The van der Waals surface area contributed by atoms with Gasteiger partial charge in [-0.15, -0.1) is 10.2 Å². The lowest BCUT2D eigenvalue weighted by molar-refractivity contribution is 0.542. The largest absolute Gasteiger partial charge is 0.316 e. The molecule has 0 aliphatic rings. The minimum Gasteiger partial charge on any atom is -0.316 e. The van der Waals surface area contributed by atoms with Crippen molar-refractivity contribution in [1.82, 2.24) is 15.5 Å². The second-order valence-electron chi connectivity index (χ2n) is 5.71. The fourth-order valence-electron chi connectivity index (χ4n) is 2.26. The number of aromatic nitrogens is 2. The SMILES string of the molecule is CCc1ccccc1-c1nnc(CCCNCC(C)C)s1. The quantitative estimate of drug-likeness (QED) is 0.750. The van der Waals surface area contributed by atoms with E-state index in [0.29, 0.717) is 5.92 Å². The molecule has 0 atom stereocenters. The molecule has 0 unspecified atom stereocenters. The van der Waals surface area contributed by atoms with Gasteiger partial charge in [0.05, 0.1) is 0 Å². The molecule has 2 aromatic rings. The molecule has 1 N–H and O–H groups in total. The molecular weight excluding hydrogens is 278 g/mol. The standard InChI is InChI=1S/C17H25N3S/c1-4-14-8-5-6-9-15(14)17-20-19-16(21-17)10-7-11-18-12-13(2)3/h5-6,8-9,13,18H,4,7,10-12H2,1-3H3. The predicted octanol–water partition coefficient (Wildman–Crippen LogP) is 3.95. The van der Waals surface area contributed by atoms with Crippen LogP contribution >= 0.6 is 11.3 Å². The maximum Gasteiger partial charge on any atom is 0.148 e. The first kappa shape index (κ1) is 16.1. The van der Waals surface area contributed by atoms with Gasteiger partial charge in [-0.05, 0) is 37.4 Å². The number of nitrogens with one attached hydrogen (secondary N) is 1. The Morgan fingerprint density at radius 3 is 2.76 bits per heavy atom. The first-order chi connectivity index (χ1) is 10.2. The number of aryl methyl sites for hydroxylation is 2. The Kier molecular flexibility index (Phi) is 6.33. The van der Waals surface area contributed by atoms with Crippen LogP contribution in [0.25, 0.3) is 10.6 Å². The van der Waals surface area contributed by atoms with E-state index in [9.17, 15) is 0 Å². The van der Waals surface area contributed by atoms with Crippen molar-refractivity contribution in [2.45, 2.75) is 40.0 Å². The van der Waals surface area contributed by atoms with Crippen molar-refractivity contribution in [2.75, 3.05) is 13.1 Å². The Morgan fingerprint density at radius 2 is 2.00 bits per heavy atom. The van der Waals surface area contributed by atoms with E-state index in [1.165, 1.54) is 11.1 Å². The highest BCUT2D eigenvalue weighted by molar-refractivity contribution is 7.14. The zero-order valence-electron chi connectivity index (χ0n) is 13.2. The molecule has 0 radical (unpaired) electrons. The molecule has 0 aliphatic carbocycles. The van der Waals surface area contributed by atoms with Gasteiger partial charge < -0.3 is 5.32 Å². The molecule has 1 aromatic carbocycles. The smallest absolute Gasteiger partial charge is 0.148 e. The van der Waals surface area contributed by atoms with E-state index in [1.54, 1.807) is 11.3 Å². The highest BCUT2D eigenvalue weighted by atomic mass is 32.1. The molecule has 2 rings (SSSR count). The van der Waals surface area contributed by atoms with E-state index in [4.69, 9.17) is 0 Å². The lowest BCUT2D eigenvalue weighted by atomic mass is 10.1. The van der Waals surface area contributed by atoms with E-state index >= 15 is 0 Å². The summed E-state index contributed by atoms with van der Waals surface area (Å²) in [6, 6.07) is 8.48. The van der Waals surface area contributed by atoms with Crippen LogP contribution in [0.4, 0.5) is 0 Å². The van der Waals surface area contributed by atoms with Gasteiger partial charge in [0.15, 0.2) is 0 Å². The third-order valence-electron chi connectivity index (χ3n) is 3.39. The van der Waals surface area contributed by atoms with Gasteiger partial charge in [0.2, 0.25) is 0 Å². The second-order valence-corrected chi connectivity index (χ2v) is 6.78. The van der Waals surface area contributed by atoms with Gasteiger partial charge in [-0.1, -0.05) is 56.4 Å². The number of hydrogen-bond donors (Lipinski definition) is 1. The van der Waals surface area contributed by atoms with Gasteiger partial charge in [-0.25, -0.2) is 0 Å². The molecule has 4 heteroatoms. The minimum atomic E-state index is 0.712. The van der Waals surface area contributed by atoms with Gasteiger partial charge in [-0.3, -0.25) is 0 Å². The summed E-state index contributed by atoms with van der Waals surface area (Å²) >= 11 is 1.73. The Labute approximate surface area is 131 Å². The van der Waals surface area contributed by atoms with Crippen LogP contribution in [0.1, 0.15) is 37.8 Å². The van der Waals surface area contributed by atoms with Gasteiger partial charge in [-0.2, -0.15) is 0 Å². The van der Waals surface area contributed by atoms with Crippen molar-refractivity contribution >= 4 is 11.3 Å². The van der Waals surface area contributed by atoms with E-state index in [0.717, 1.165) is 42.4 Å². The van der Waals surface area contributed by atoms with Crippen LogP contribution < -0.4 is 5.32 Å². The van der Waals surface area contributed by atoms with Crippen molar-refractivity contribution in [3.63, 3.8) is 0 Å². The molecule has 1 heterocycles. The number of hydrogen-bond acceptors (Lipinski definition) is 4. The highest BCUT2D eigenvalue weighted by Gasteiger charge is 2.09. The molecule has 0 bridgehead atoms. The molecule has 21 heavy (non-hydrogen) atoms. The van der Waals surface area contributed by atoms with Crippen molar-refractivity contribution in [1.29, 1.82) is 0 Å². The van der Waals surface area contributed by atoms with Gasteiger partial charge in [0.1, 0.15) is 10.0 Å². The summed E-state index contributed by atoms with van der Waals surface area (Å²) in [7, 11) is 0. The fraction of sp³-hybridized carbons (Fsp3) is 0.529. The minimum absolute atomic E-state index is 0.712. The number of benzene rings is 1. The van der Waals surface area contributed by atoms with Crippen LogP contribution in [-0.4, -0.2) is 23.3 Å². The van der Waals surface area contributed by atoms with Gasteiger partial charge in [0.25, 0.3) is 0 Å². The van der Waals surface area contributed by atoms with E-state index < -0.39 is 0 Å². The summed E-state index contributed by atoms with van der Waals surface area (Å²) in [6.45, 7) is 8.79. The maximum absolute atomic E-state index is 4.37. The fourth-order valence-corrected chi connectivity index (χ4v) is 3.20. The highest BCUT2D eigenvalue weighted by Crippen LogP contribution is 2.27. The van der Waals surface area contributed by atoms with Crippen molar-refractivity contribution < 1.29 is 0 Å². The average Bonchev–Trinajstić information content (AvgIpc) is 2.95. The monoisotopic (exact) mass is 303 g/mol. The van der Waals surface area contributed by atoms with Crippen LogP contribution in [-0.2, 0) is 12.8 Å². The normalized spacial score (nSPS) is 11.2. The zero-order chi connectivity index (χ0) is 15.1. The average molecular weight is 303 g/mol. The molecule has 0 fully saturated rings. The molecule has 0 aliphatic heterocycles. The summed E-state index contributed by atoms with van der Waals surface area (Å²) in [5, 5.41) is 14.4. The topological polar surface area (TPSA) is 37.8 Å². The Hall–Kier alpha value is -1.26. The van der Waals surface area contributed by atoms with E-state index in [1.807, 2.05) is 0 Å². The van der Waals surface area contributed by atoms with Crippen molar-refractivity contribution in [2.24, 2.45) is 5.92 Å². The Balaban J connectivity index is 1.89. The van der Waals surface area contributed by atoms with Crippen LogP contribution in [0.2, 0.25) is 0 Å². The summed E-state index contributed by atoms with van der Waals surface area (Å²) < 4.78 is 0. The molecule has 0 spiro atoms. The van der Waals surface area contributed by atoms with Crippen molar-refractivity contribution in [3.05, 3.63) is 34.8 Å². The summed E-state index contributed by atoms with van der Waals surface area (Å²) in [4.78, 5) is 0. The van der Waals surface area contributed by atoms with Gasteiger partial charge >= 0.3 is 0 Å². The summed E-state index contributed by atoms with van der Waals surface area (Å²) in [6.07, 6.45) is 3.16. The van der Waals surface area contributed by atoms with E-state index in [-0.39, 0.29) is 0 Å². The second kappa shape index (κ2) is 8.25. The third-order valence-corrected chi connectivity index (χ3v) is 4.41. The van der Waals surface area contributed by atoms with Crippen LogP contribution in [0.5, 0.6) is 0 Å². The molecule has 0 amide bonds. The first-order valence-corrected chi connectivity index (χ1v) is 8.63. The maximum atomic E-state index is 4.37. The lowest BCUT2D eigenvalue weighted by Crippen LogP contribution is -2.21. The zero-order valence-corrected chi connectivity index (χ0v) is 14.0. The predicted molar refractivity (Wildman–Crippen MR) is 90.8 cm³/mol. The van der Waals surface area contributed by atoms with E-state index in [2.05, 4.69) is 60.6 Å². The molecule has 0 saturated heterocycles. The number of rotatable bonds is 8. The molecule has 3 nitrogen and oxygen atoms in total. The molecule has 1 aromatic heterocycles. The van der Waals surface area contributed by atoms with Crippen LogP contribution in [0.15, 0.2) is 24.3 Å². The van der Waals surface area contributed by atoms with Crippen LogP contribution in [0, 0.1) is 5.92 Å². The number of nitrogens with zero attached hydrogens (tertiary/aromatic N) is 2. The molecule has 114 valence electrons. The van der Waals surface area contributed by atoms with Crippen LogP contribution in [0.3, 0.4) is 0 Å².